The zero-order chi connectivity index (χ0) is 11.3. The second-order valence-electron chi connectivity index (χ2n) is 3.31. The second-order valence-corrected chi connectivity index (χ2v) is 3.72. The number of carbonyl (C=O) groups excluding carboxylic acids is 1. The molecule has 0 saturated carbocycles. The molecule has 1 rings (SSSR count). The van der Waals surface area contributed by atoms with E-state index < -0.39 is 0 Å². The molecule has 0 unspecified atom stereocenters. The molecule has 0 spiro atoms. The summed E-state index contributed by atoms with van der Waals surface area (Å²) in [7, 11) is 1.62. The highest BCUT2D eigenvalue weighted by Crippen LogP contribution is 2.14. The number of rotatable bonds is 4. The summed E-state index contributed by atoms with van der Waals surface area (Å²) >= 11 is 5.98. The molecular weight excluding hydrogens is 212 g/mol. The maximum absolute atomic E-state index is 11.2. The third kappa shape index (κ3) is 3.53. The topological polar surface area (TPSA) is 41.1 Å². The Kier molecular flexibility index (Phi) is 4.59. The molecule has 0 bridgehead atoms. The number of nitrogens with one attached hydrogen (secondary N) is 2. The lowest BCUT2D eigenvalue weighted by atomic mass is 10.2. The fourth-order valence-corrected chi connectivity index (χ4v) is 1.42. The van der Waals surface area contributed by atoms with Crippen molar-refractivity contribution in [1.29, 1.82) is 0 Å². The minimum Gasteiger partial charge on any atom is -0.358 e. The smallest absolute Gasteiger partial charge is 0.236 e. The molecule has 0 aliphatic heterocycles. The fourth-order valence-electron chi connectivity index (χ4n) is 1.21. The summed E-state index contributed by atoms with van der Waals surface area (Å²) < 4.78 is 0. The van der Waals surface area contributed by atoms with Gasteiger partial charge in [0.25, 0.3) is 0 Å². The standard InChI is InChI=1S/C11H15ClN2O/c1-8(11(15)13-2)14-7-9-5-3-4-6-10(9)12/h3-6,8,14H,7H2,1-2H3,(H,13,15)/t8-/m1/s1. The van der Waals surface area contributed by atoms with E-state index in [9.17, 15) is 4.79 Å². The van der Waals surface area contributed by atoms with Crippen LogP contribution >= 0.6 is 11.6 Å². The van der Waals surface area contributed by atoms with Crippen LogP contribution in [0.25, 0.3) is 0 Å². The van der Waals surface area contributed by atoms with Gasteiger partial charge in [0.05, 0.1) is 6.04 Å². The molecule has 0 saturated heterocycles. The number of hydrogen-bond acceptors (Lipinski definition) is 2. The van der Waals surface area contributed by atoms with Crippen molar-refractivity contribution in [1.82, 2.24) is 10.6 Å². The summed E-state index contributed by atoms with van der Waals surface area (Å²) in [4.78, 5) is 11.2. The summed E-state index contributed by atoms with van der Waals surface area (Å²) in [6, 6.07) is 7.36. The average Bonchev–Trinajstić information content (AvgIpc) is 2.26. The van der Waals surface area contributed by atoms with E-state index in [1.165, 1.54) is 0 Å². The molecule has 1 amide bonds. The Hall–Kier alpha value is -1.06. The van der Waals surface area contributed by atoms with Crippen LogP contribution in [-0.2, 0) is 11.3 Å². The van der Waals surface area contributed by atoms with Crippen molar-refractivity contribution in [2.75, 3.05) is 7.05 Å². The number of likely N-dealkylation sites (N-methyl/N-ethyl adjacent to an activating group) is 1. The van der Waals surface area contributed by atoms with Crippen molar-refractivity contribution in [2.45, 2.75) is 19.5 Å². The van der Waals surface area contributed by atoms with Gasteiger partial charge in [0.1, 0.15) is 0 Å². The minimum atomic E-state index is -0.216. The van der Waals surface area contributed by atoms with Gasteiger partial charge in [-0.2, -0.15) is 0 Å². The Bertz CT molecular complexity index is 341. The van der Waals surface area contributed by atoms with Crippen molar-refractivity contribution < 1.29 is 4.79 Å². The predicted octanol–water partition coefficient (Wildman–Crippen LogP) is 1.56. The second kappa shape index (κ2) is 5.73. The summed E-state index contributed by atoms with van der Waals surface area (Å²) in [5.74, 6) is -0.0259. The third-order valence-electron chi connectivity index (χ3n) is 2.20. The zero-order valence-corrected chi connectivity index (χ0v) is 9.64. The quantitative estimate of drug-likeness (QED) is 0.818. The monoisotopic (exact) mass is 226 g/mol. The van der Waals surface area contributed by atoms with Crippen LogP contribution in [0.2, 0.25) is 5.02 Å². The summed E-state index contributed by atoms with van der Waals surface area (Å²) in [5, 5.41) is 6.39. The molecule has 2 N–H and O–H groups in total. The zero-order valence-electron chi connectivity index (χ0n) is 8.88. The van der Waals surface area contributed by atoms with Crippen molar-refractivity contribution in [3.05, 3.63) is 34.9 Å². The Morgan fingerprint density at radius 2 is 2.13 bits per heavy atom. The van der Waals surface area contributed by atoms with Gasteiger partial charge < -0.3 is 10.6 Å². The maximum atomic E-state index is 11.2. The van der Waals surface area contributed by atoms with E-state index in [-0.39, 0.29) is 11.9 Å². The van der Waals surface area contributed by atoms with E-state index in [0.29, 0.717) is 11.6 Å². The summed E-state index contributed by atoms with van der Waals surface area (Å²) in [5.41, 5.74) is 0.995. The van der Waals surface area contributed by atoms with Crippen molar-refractivity contribution in [3.63, 3.8) is 0 Å². The molecule has 0 heterocycles. The van der Waals surface area contributed by atoms with Gasteiger partial charge in [-0.15, -0.1) is 0 Å². The molecule has 0 fully saturated rings. The van der Waals surface area contributed by atoms with Gasteiger partial charge in [0.15, 0.2) is 0 Å². The summed E-state index contributed by atoms with van der Waals surface area (Å²) in [6.07, 6.45) is 0. The molecule has 3 nitrogen and oxygen atoms in total. The van der Waals surface area contributed by atoms with E-state index >= 15 is 0 Å². The van der Waals surface area contributed by atoms with E-state index in [0.717, 1.165) is 5.56 Å². The first kappa shape index (κ1) is 12.0. The number of halogens is 1. The van der Waals surface area contributed by atoms with Gasteiger partial charge in [0.2, 0.25) is 5.91 Å². The highest BCUT2D eigenvalue weighted by atomic mass is 35.5. The van der Waals surface area contributed by atoms with Crippen LogP contribution in [0, 0.1) is 0 Å². The molecule has 1 aromatic rings. The van der Waals surface area contributed by atoms with Gasteiger partial charge in [0, 0.05) is 18.6 Å². The predicted molar refractivity (Wildman–Crippen MR) is 61.8 cm³/mol. The Balaban J connectivity index is 2.50. The van der Waals surface area contributed by atoms with E-state index in [2.05, 4.69) is 10.6 Å². The van der Waals surface area contributed by atoms with Gasteiger partial charge in [-0.05, 0) is 18.6 Å². The van der Waals surface area contributed by atoms with E-state index in [1.807, 2.05) is 31.2 Å². The lowest BCUT2D eigenvalue weighted by Crippen LogP contribution is -2.40. The molecule has 82 valence electrons. The molecule has 15 heavy (non-hydrogen) atoms. The molecular formula is C11H15ClN2O. The van der Waals surface area contributed by atoms with Gasteiger partial charge in [-0.3, -0.25) is 4.79 Å². The number of amides is 1. The highest BCUT2D eigenvalue weighted by Gasteiger charge is 2.09. The van der Waals surface area contributed by atoms with Crippen LogP contribution in [-0.4, -0.2) is 19.0 Å². The molecule has 0 radical (unpaired) electrons. The fraction of sp³-hybridized carbons (Fsp3) is 0.364. The van der Waals surface area contributed by atoms with Crippen LogP contribution < -0.4 is 10.6 Å². The Morgan fingerprint density at radius 3 is 2.73 bits per heavy atom. The van der Waals surface area contributed by atoms with Crippen molar-refractivity contribution in [3.8, 4) is 0 Å². The van der Waals surface area contributed by atoms with Crippen LogP contribution in [0.1, 0.15) is 12.5 Å². The first-order valence-electron chi connectivity index (χ1n) is 4.83. The first-order valence-corrected chi connectivity index (χ1v) is 5.21. The minimum absolute atomic E-state index is 0.0259. The Morgan fingerprint density at radius 1 is 1.47 bits per heavy atom. The number of hydrogen-bond donors (Lipinski definition) is 2. The SMILES string of the molecule is CNC(=O)[C@@H](C)NCc1ccccc1Cl. The number of benzene rings is 1. The molecule has 0 aliphatic rings. The van der Waals surface area contributed by atoms with E-state index in [1.54, 1.807) is 7.05 Å². The number of carbonyl (C=O) groups is 1. The van der Waals surface area contributed by atoms with Crippen LogP contribution in [0.3, 0.4) is 0 Å². The van der Waals surface area contributed by atoms with Crippen molar-refractivity contribution in [2.24, 2.45) is 0 Å². The Labute approximate surface area is 94.8 Å². The van der Waals surface area contributed by atoms with Crippen LogP contribution in [0.4, 0.5) is 0 Å². The highest BCUT2D eigenvalue weighted by molar-refractivity contribution is 6.31. The summed E-state index contributed by atoms with van der Waals surface area (Å²) in [6.45, 7) is 2.41. The first-order chi connectivity index (χ1) is 7.15. The molecule has 0 aromatic heterocycles. The van der Waals surface area contributed by atoms with Crippen molar-refractivity contribution >= 4 is 17.5 Å². The molecule has 1 atom stereocenters. The lowest BCUT2D eigenvalue weighted by Gasteiger charge is -2.12. The van der Waals surface area contributed by atoms with Crippen LogP contribution in [0.5, 0.6) is 0 Å². The van der Waals surface area contributed by atoms with Gasteiger partial charge in [-0.25, -0.2) is 0 Å². The van der Waals surface area contributed by atoms with E-state index in [4.69, 9.17) is 11.6 Å². The third-order valence-corrected chi connectivity index (χ3v) is 2.56. The van der Waals surface area contributed by atoms with Gasteiger partial charge >= 0.3 is 0 Å². The van der Waals surface area contributed by atoms with Gasteiger partial charge in [-0.1, -0.05) is 29.8 Å². The molecule has 1 aromatic carbocycles. The molecule has 4 heteroatoms. The van der Waals surface area contributed by atoms with Crippen LogP contribution in [0.15, 0.2) is 24.3 Å². The average molecular weight is 227 g/mol. The normalized spacial score (nSPS) is 12.2. The molecule has 0 aliphatic carbocycles. The maximum Gasteiger partial charge on any atom is 0.236 e. The lowest BCUT2D eigenvalue weighted by molar-refractivity contribution is -0.122. The largest absolute Gasteiger partial charge is 0.358 e.